The molecule has 0 amide bonds. The minimum absolute atomic E-state index is 0.407. The molecule has 0 saturated heterocycles. The van der Waals surface area contributed by atoms with Crippen LogP contribution in [0.2, 0.25) is 5.02 Å². The van der Waals surface area contributed by atoms with Gasteiger partial charge in [0.15, 0.2) is 0 Å². The zero-order valence-corrected chi connectivity index (χ0v) is 14.2. The monoisotopic (exact) mass is 357 g/mol. The van der Waals surface area contributed by atoms with Gasteiger partial charge in [-0.05, 0) is 44.2 Å². The predicted molar refractivity (Wildman–Crippen MR) is 89.2 cm³/mol. The van der Waals surface area contributed by atoms with Gasteiger partial charge in [0.05, 0.1) is 0 Å². The highest BCUT2D eigenvalue weighted by atomic mass is 79.9. The van der Waals surface area contributed by atoms with Crippen LogP contribution >= 0.6 is 38.9 Å². The molecule has 0 aliphatic heterocycles. The molecular formula is C15H17BrClNS. The summed E-state index contributed by atoms with van der Waals surface area (Å²) in [7, 11) is 0. The lowest BCUT2D eigenvalue weighted by molar-refractivity contribution is 0.578. The van der Waals surface area contributed by atoms with E-state index in [4.69, 9.17) is 11.6 Å². The van der Waals surface area contributed by atoms with Crippen molar-refractivity contribution in [2.75, 3.05) is 6.54 Å². The van der Waals surface area contributed by atoms with E-state index in [1.165, 1.54) is 15.3 Å². The fourth-order valence-electron chi connectivity index (χ4n) is 1.88. The van der Waals surface area contributed by atoms with Crippen molar-refractivity contribution in [1.29, 1.82) is 0 Å². The molecule has 1 nitrogen and oxygen atoms in total. The summed E-state index contributed by atoms with van der Waals surface area (Å²) in [6.45, 7) is 5.45. The number of rotatable bonds is 5. The van der Waals surface area contributed by atoms with E-state index in [0.29, 0.717) is 6.04 Å². The van der Waals surface area contributed by atoms with E-state index in [2.05, 4.69) is 53.3 Å². The van der Waals surface area contributed by atoms with E-state index in [9.17, 15) is 0 Å². The highest BCUT2D eigenvalue weighted by Gasteiger charge is 2.11. The second kappa shape index (κ2) is 6.89. The Kier molecular flexibility index (Phi) is 5.46. The van der Waals surface area contributed by atoms with Crippen LogP contribution in [0.4, 0.5) is 0 Å². The minimum atomic E-state index is 0.407. The second-order valence-electron chi connectivity index (χ2n) is 4.50. The highest BCUT2D eigenvalue weighted by Crippen LogP contribution is 2.36. The van der Waals surface area contributed by atoms with Gasteiger partial charge in [-0.3, -0.25) is 0 Å². The third-order valence-corrected chi connectivity index (χ3v) is 5.14. The van der Waals surface area contributed by atoms with Crippen molar-refractivity contribution in [3.05, 3.63) is 44.7 Å². The van der Waals surface area contributed by atoms with Gasteiger partial charge in [-0.1, -0.05) is 40.5 Å². The van der Waals surface area contributed by atoms with Crippen molar-refractivity contribution in [3.63, 3.8) is 0 Å². The van der Waals surface area contributed by atoms with Gasteiger partial charge in [0.1, 0.15) is 0 Å². The molecule has 19 heavy (non-hydrogen) atoms. The van der Waals surface area contributed by atoms with Crippen LogP contribution in [0.5, 0.6) is 0 Å². The normalized spacial score (nSPS) is 12.6. The first-order chi connectivity index (χ1) is 9.11. The minimum Gasteiger partial charge on any atom is -0.309 e. The zero-order chi connectivity index (χ0) is 13.8. The summed E-state index contributed by atoms with van der Waals surface area (Å²) in [5.74, 6) is 0. The van der Waals surface area contributed by atoms with Gasteiger partial charge in [-0.2, -0.15) is 0 Å². The standard InChI is InChI=1S/C15H17BrClNS/c1-3-8-18-10(2)14-6-7-15(19-14)12-5-4-11(17)9-13(12)16/h4-7,9-10,18H,3,8H2,1-2H3. The Morgan fingerprint density at radius 3 is 2.79 bits per heavy atom. The maximum atomic E-state index is 5.98. The van der Waals surface area contributed by atoms with Crippen LogP contribution < -0.4 is 5.32 Å². The molecule has 1 N–H and O–H groups in total. The predicted octanol–water partition coefficient (Wildman–Crippen LogP) is 5.89. The summed E-state index contributed by atoms with van der Waals surface area (Å²) in [5.41, 5.74) is 1.20. The van der Waals surface area contributed by atoms with Crippen molar-refractivity contribution in [2.45, 2.75) is 26.3 Å². The topological polar surface area (TPSA) is 12.0 Å². The molecule has 0 fully saturated rings. The fourth-order valence-corrected chi connectivity index (χ4v) is 3.98. The zero-order valence-electron chi connectivity index (χ0n) is 11.0. The SMILES string of the molecule is CCCNC(C)c1ccc(-c2ccc(Cl)cc2Br)s1. The molecule has 0 bridgehead atoms. The quantitative estimate of drug-likeness (QED) is 0.702. The summed E-state index contributed by atoms with van der Waals surface area (Å²) in [6.07, 6.45) is 1.16. The lowest BCUT2D eigenvalue weighted by Crippen LogP contribution is -2.18. The van der Waals surface area contributed by atoms with Gasteiger partial charge in [0.2, 0.25) is 0 Å². The molecule has 0 aliphatic carbocycles. The summed E-state index contributed by atoms with van der Waals surface area (Å²) < 4.78 is 1.04. The van der Waals surface area contributed by atoms with Gasteiger partial charge >= 0.3 is 0 Å². The average molecular weight is 359 g/mol. The third kappa shape index (κ3) is 3.82. The summed E-state index contributed by atoms with van der Waals surface area (Å²) >= 11 is 11.4. The first-order valence-corrected chi connectivity index (χ1v) is 8.39. The van der Waals surface area contributed by atoms with Crippen LogP contribution in [-0.4, -0.2) is 6.54 Å². The van der Waals surface area contributed by atoms with Crippen molar-refractivity contribution >= 4 is 38.9 Å². The Morgan fingerprint density at radius 1 is 1.32 bits per heavy atom. The molecule has 2 rings (SSSR count). The molecule has 0 radical (unpaired) electrons. The number of nitrogens with one attached hydrogen (secondary N) is 1. The number of halogens is 2. The molecule has 1 aromatic heterocycles. The third-order valence-electron chi connectivity index (χ3n) is 2.95. The molecule has 0 saturated carbocycles. The first-order valence-electron chi connectivity index (χ1n) is 6.40. The maximum absolute atomic E-state index is 5.98. The lowest BCUT2D eigenvalue weighted by atomic mass is 10.2. The molecule has 1 atom stereocenters. The summed E-state index contributed by atoms with van der Waals surface area (Å²) in [6, 6.07) is 10.7. The van der Waals surface area contributed by atoms with Gasteiger partial charge in [-0.25, -0.2) is 0 Å². The van der Waals surface area contributed by atoms with E-state index in [-0.39, 0.29) is 0 Å². The van der Waals surface area contributed by atoms with Crippen LogP contribution in [0.3, 0.4) is 0 Å². The Morgan fingerprint density at radius 2 is 2.11 bits per heavy atom. The number of benzene rings is 1. The number of hydrogen-bond donors (Lipinski definition) is 1. The highest BCUT2D eigenvalue weighted by molar-refractivity contribution is 9.10. The van der Waals surface area contributed by atoms with Crippen LogP contribution in [-0.2, 0) is 0 Å². The molecule has 0 spiro atoms. The van der Waals surface area contributed by atoms with E-state index < -0.39 is 0 Å². The van der Waals surface area contributed by atoms with Gasteiger partial charge in [0.25, 0.3) is 0 Å². The Balaban J connectivity index is 2.20. The molecule has 2 aromatic rings. The van der Waals surface area contributed by atoms with E-state index in [1.54, 1.807) is 0 Å². The second-order valence-corrected chi connectivity index (χ2v) is 6.91. The Hall–Kier alpha value is -0.350. The lowest BCUT2D eigenvalue weighted by Gasteiger charge is -2.10. The van der Waals surface area contributed by atoms with Crippen LogP contribution in [0.1, 0.15) is 31.2 Å². The van der Waals surface area contributed by atoms with E-state index in [1.807, 2.05) is 23.5 Å². The molecule has 102 valence electrons. The van der Waals surface area contributed by atoms with E-state index >= 15 is 0 Å². The van der Waals surface area contributed by atoms with Crippen molar-refractivity contribution in [2.24, 2.45) is 0 Å². The smallest absolute Gasteiger partial charge is 0.0417 e. The van der Waals surface area contributed by atoms with Gasteiger partial charge in [-0.15, -0.1) is 11.3 Å². The van der Waals surface area contributed by atoms with E-state index in [0.717, 1.165) is 22.5 Å². The Labute approximate surface area is 132 Å². The van der Waals surface area contributed by atoms with Crippen LogP contribution in [0.25, 0.3) is 10.4 Å². The molecular weight excluding hydrogens is 342 g/mol. The Bertz CT molecular complexity index is 553. The molecule has 1 aromatic carbocycles. The molecule has 4 heteroatoms. The number of thiophene rings is 1. The largest absolute Gasteiger partial charge is 0.309 e. The maximum Gasteiger partial charge on any atom is 0.0417 e. The van der Waals surface area contributed by atoms with Crippen molar-refractivity contribution in [3.8, 4) is 10.4 Å². The van der Waals surface area contributed by atoms with Crippen molar-refractivity contribution in [1.82, 2.24) is 5.32 Å². The van der Waals surface area contributed by atoms with Crippen LogP contribution in [0, 0.1) is 0 Å². The van der Waals surface area contributed by atoms with Gasteiger partial charge in [0, 0.05) is 30.9 Å². The molecule has 1 unspecified atom stereocenters. The fraction of sp³-hybridized carbons (Fsp3) is 0.333. The molecule has 1 heterocycles. The first kappa shape index (κ1) is 15.0. The van der Waals surface area contributed by atoms with Crippen molar-refractivity contribution < 1.29 is 0 Å². The number of hydrogen-bond acceptors (Lipinski definition) is 2. The summed E-state index contributed by atoms with van der Waals surface area (Å²) in [4.78, 5) is 2.63. The van der Waals surface area contributed by atoms with Crippen LogP contribution in [0.15, 0.2) is 34.8 Å². The summed E-state index contributed by atoms with van der Waals surface area (Å²) in [5, 5.41) is 4.27. The van der Waals surface area contributed by atoms with Gasteiger partial charge < -0.3 is 5.32 Å². The molecule has 0 aliphatic rings. The average Bonchev–Trinajstić information content (AvgIpc) is 2.85.